The second-order valence-electron chi connectivity index (χ2n) is 3.35. The highest BCUT2D eigenvalue weighted by Gasteiger charge is 2.06. The first-order chi connectivity index (χ1) is 6.35. The topological polar surface area (TPSA) is 61.3 Å². The van der Waals surface area contributed by atoms with Crippen LogP contribution in [0.1, 0.15) is 39.0 Å². The summed E-state index contributed by atoms with van der Waals surface area (Å²) in [5.41, 5.74) is 10.9. The molecule has 0 saturated heterocycles. The van der Waals surface area contributed by atoms with Crippen molar-refractivity contribution in [3.05, 3.63) is 0 Å². The molecule has 0 rings (SSSR count). The van der Waals surface area contributed by atoms with E-state index in [1.807, 2.05) is 0 Å². The highest BCUT2D eigenvalue weighted by molar-refractivity contribution is 4.59. The van der Waals surface area contributed by atoms with Crippen LogP contribution in [0, 0.1) is 0 Å². The zero-order valence-corrected chi connectivity index (χ0v) is 8.80. The summed E-state index contributed by atoms with van der Waals surface area (Å²) in [6.45, 7) is 4.49. The minimum atomic E-state index is 0.333. The Morgan fingerprint density at radius 2 is 1.85 bits per heavy atom. The van der Waals surface area contributed by atoms with Crippen LogP contribution in [0.5, 0.6) is 0 Å². The highest BCUT2D eigenvalue weighted by Crippen LogP contribution is 2.06. The summed E-state index contributed by atoms with van der Waals surface area (Å²) in [5.74, 6) is 0. The molecule has 13 heavy (non-hydrogen) atoms. The molecule has 3 nitrogen and oxygen atoms in total. The predicted molar refractivity (Wildman–Crippen MR) is 56.6 cm³/mol. The smallest absolute Gasteiger partial charge is 0.0587 e. The van der Waals surface area contributed by atoms with E-state index in [0.29, 0.717) is 12.6 Å². The van der Waals surface area contributed by atoms with Crippen molar-refractivity contribution in [3.8, 4) is 0 Å². The number of hydrogen-bond acceptors (Lipinski definition) is 3. The molecule has 3 heteroatoms. The van der Waals surface area contributed by atoms with Crippen LogP contribution >= 0.6 is 0 Å². The quantitative estimate of drug-likeness (QED) is 0.535. The Morgan fingerprint density at radius 3 is 2.38 bits per heavy atom. The van der Waals surface area contributed by atoms with Gasteiger partial charge in [-0.2, -0.15) is 0 Å². The van der Waals surface area contributed by atoms with Gasteiger partial charge in [0.25, 0.3) is 0 Å². The molecule has 0 aromatic carbocycles. The summed E-state index contributed by atoms with van der Waals surface area (Å²) in [4.78, 5) is 0. The fraction of sp³-hybridized carbons (Fsp3) is 1.00. The molecule has 0 aromatic heterocycles. The molecule has 0 aliphatic rings. The van der Waals surface area contributed by atoms with E-state index in [4.69, 9.17) is 16.2 Å². The molecular formula is C10H24N2O. The zero-order valence-electron chi connectivity index (χ0n) is 8.80. The standard InChI is InChI=1S/C10H24N2O/c1-2-3-9-13-10(6-8-12)5-4-7-11/h10H,2-9,11-12H2,1H3. The first kappa shape index (κ1) is 12.9. The second kappa shape index (κ2) is 9.96. The van der Waals surface area contributed by atoms with Gasteiger partial charge >= 0.3 is 0 Å². The molecule has 80 valence electrons. The van der Waals surface area contributed by atoms with Crippen molar-refractivity contribution in [3.63, 3.8) is 0 Å². The summed E-state index contributed by atoms with van der Waals surface area (Å²) in [5, 5.41) is 0. The molecule has 4 N–H and O–H groups in total. The van der Waals surface area contributed by atoms with E-state index in [1.54, 1.807) is 0 Å². The molecule has 0 heterocycles. The first-order valence-corrected chi connectivity index (χ1v) is 5.36. The molecule has 0 aromatic rings. The number of nitrogens with two attached hydrogens (primary N) is 2. The lowest BCUT2D eigenvalue weighted by Gasteiger charge is -2.16. The number of hydrogen-bond donors (Lipinski definition) is 2. The molecule has 0 saturated carbocycles. The number of rotatable bonds is 9. The summed E-state index contributed by atoms with van der Waals surface area (Å²) in [6, 6.07) is 0. The minimum Gasteiger partial charge on any atom is -0.378 e. The van der Waals surface area contributed by atoms with E-state index in [9.17, 15) is 0 Å². The van der Waals surface area contributed by atoms with Crippen molar-refractivity contribution in [2.75, 3.05) is 19.7 Å². The Labute approximate surface area is 81.8 Å². The van der Waals surface area contributed by atoms with Crippen molar-refractivity contribution in [1.82, 2.24) is 0 Å². The maximum Gasteiger partial charge on any atom is 0.0587 e. The van der Waals surface area contributed by atoms with Gasteiger partial charge in [0.05, 0.1) is 6.10 Å². The molecule has 1 unspecified atom stereocenters. The maximum absolute atomic E-state index is 5.69. The van der Waals surface area contributed by atoms with Crippen molar-refractivity contribution in [2.45, 2.75) is 45.1 Å². The van der Waals surface area contributed by atoms with E-state index < -0.39 is 0 Å². The monoisotopic (exact) mass is 188 g/mol. The third kappa shape index (κ3) is 8.22. The van der Waals surface area contributed by atoms with Crippen LogP contribution in [0.3, 0.4) is 0 Å². The number of unbranched alkanes of at least 4 members (excludes halogenated alkanes) is 1. The second-order valence-corrected chi connectivity index (χ2v) is 3.35. The lowest BCUT2D eigenvalue weighted by molar-refractivity contribution is 0.0407. The summed E-state index contributed by atoms with van der Waals surface area (Å²) >= 11 is 0. The minimum absolute atomic E-state index is 0.333. The largest absolute Gasteiger partial charge is 0.378 e. The molecular weight excluding hydrogens is 164 g/mol. The van der Waals surface area contributed by atoms with Crippen molar-refractivity contribution in [2.24, 2.45) is 11.5 Å². The first-order valence-electron chi connectivity index (χ1n) is 5.36. The van der Waals surface area contributed by atoms with Crippen LogP contribution in [0.2, 0.25) is 0 Å². The molecule has 0 aliphatic carbocycles. The van der Waals surface area contributed by atoms with Crippen molar-refractivity contribution >= 4 is 0 Å². The average Bonchev–Trinajstić information content (AvgIpc) is 2.14. The molecule has 0 spiro atoms. The van der Waals surface area contributed by atoms with Crippen molar-refractivity contribution in [1.29, 1.82) is 0 Å². The SMILES string of the molecule is CCCCOC(CCN)CCCN. The zero-order chi connectivity index (χ0) is 9.94. The van der Waals surface area contributed by atoms with Gasteiger partial charge in [-0.15, -0.1) is 0 Å². The summed E-state index contributed by atoms with van der Waals surface area (Å²) in [6.07, 6.45) is 5.72. The fourth-order valence-corrected chi connectivity index (χ4v) is 1.24. The Hall–Kier alpha value is -0.120. The van der Waals surface area contributed by atoms with Crippen LogP contribution in [0.4, 0.5) is 0 Å². The third-order valence-electron chi connectivity index (χ3n) is 2.07. The van der Waals surface area contributed by atoms with Crippen LogP contribution in [0.25, 0.3) is 0 Å². The van der Waals surface area contributed by atoms with Gasteiger partial charge in [0, 0.05) is 6.61 Å². The van der Waals surface area contributed by atoms with Gasteiger partial charge in [-0.05, 0) is 38.8 Å². The lowest BCUT2D eigenvalue weighted by atomic mass is 10.1. The van der Waals surface area contributed by atoms with Gasteiger partial charge in [0.1, 0.15) is 0 Å². The van der Waals surface area contributed by atoms with E-state index in [1.165, 1.54) is 6.42 Å². The van der Waals surface area contributed by atoms with E-state index in [2.05, 4.69) is 6.92 Å². The van der Waals surface area contributed by atoms with E-state index >= 15 is 0 Å². The molecule has 0 bridgehead atoms. The Bertz CT molecular complexity index is 98.9. The molecule has 1 atom stereocenters. The van der Waals surface area contributed by atoms with Crippen LogP contribution in [0.15, 0.2) is 0 Å². The normalized spacial score (nSPS) is 13.2. The van der Waals surface area contributed by atoms with Crippen LogP contribution in [-0.4, -0.2) is 25.8 Å². The van der Waals surface area contributed by atoms with E-state index in [-0.39, 0.29) is 0 Å². The fourth-order valence-electron chi connectivity index (χ4n) is 1.24. The van der Waals surface area contributed by atoms with E-state index in [0.717, 1.165) is 38.8 Å². The Kier molecular flexibility index (Phi) is 9.87. The maximum atomic E-state index is 5.69. The third-order valence-corrected chi connectivity index (χ3v) is 2.07. The van der Waals surface area contributed by atoms with Gasteiger partial charge in [-0.3, -0.25) is 0 Å². The lowest BCUT2D eigenvalue weighted by Crippen LogP contribution is -2.19. The molecule has 0 amide bonds. The highest BCUT2D eigenvalue weighted by atomic mass is 16.5. The average molecular weight is 188 g/mol. The molecule has 0 fully saturated rings. The summed E-state index contributed by atoms with van der Waals surface area (Å²) < 4.78 is 5.69. The molecule has 0 radical (unpaired) electrons. The van der Waals surface area contributed by atoms with Gasteiger partial charge < -0.3 is 16.2 Å². The van der Waals surface area contributed by atoms with Crippen LogP contribution in [-0.2, 0) is 4.74 Å². The predicted octanol–water partition coefficient (Wildman–Crippen LogP) is 1.26. The van der Waals surface area contributed by atoms with Gasteiger partial charge in [0.15, 0.2) is 0 Å². The Morgan fingerprint density at radius 1 is 1.08 bits per heavy atom. The molecule has 0 aliphatic heterocycles. The van der Waals surface area contributed by atoms with Crippen LogP contribution < -0.4 is 11.5 Å². The van der Waals surface area contributed by atoms with Gasteiger partial charge in [-0.25, -0.2) is 0 Å². The Balaban J connectivity index is 3.41. The van der Waals surface area contributed by atoms with Gasteiger partial charge in [-0.1, -0.05) is 13.3 Å². The van der Waals surface area contributed by atoms with Crippen molar-refractivity contribution < 1.29 is 4.74 Å². The number of ether oxygens (including phenoxy) is 1. The summed E-state index contributed by atoms with van der Waals surface area (Å²) in [7, 11) is 0. The van der Waals surface area contributed by atoms with Gasteiger partial charge in [0.2, 0.25) is 0 Å².